The average Bonchev–Trinajstić information content (AvgIpc) is 1.83. The molecule has 0 heterocycles. The number of rotatable bonds is 2. The van der Waals surface area contributed by atoms with Gasteiger partial charge < -0.3 is 4.79 Å². The predicted molar refractivity (Wildman–Crippen MR) is 56.6 cm³/mol. The lowest BCUT2D eigenvalue weighted by atomic mass is 10.9. The highest BCUT2D eigenvalue weighted by Crippen LogP contribution is 2.35. The van der Waals surface area contributed by atoms with Crippen LogP contribution in [-0.2, 0) is 4.79 Å². The summed E-state index contributed by atoms with van der Waals surface area (Å²) in [4.78, 5) is 11.2. The standard InChI is InChI=1S/C2Br3O.C2H5.Al.ClH/c3-2(4,5)1-6;1-2;;/h;1H2,2H3;;1H/q;;+1;/p-1. The van der Waals surface area contributed by atoms with Gasteiger partial charge in [-0.05, 0) is 0 Å². The zero-order valence-electron chi connectivity index (χ0n) is 5.20. The molecule has 0 fully saturated rings. The largest absolute Gasteiger partial charge is 0.495 e. The van der Waals surface area contributed by atoms with Gasteiger partial charge in [-0.2, -0.15) is 0 Å². The number of carbonyl (C=O) groups is 1. The van der Waals surface area contributed by atoms with Crippen molar-refractivity contribution in [2.24, 2.45) is 0 Å². The smallest absolute Gasteiger partial charge is 0.315 e. The second-order valence-corrected chi connectivity index (χ2v) is 12.4. The van der Waals surface area contributed by atoms with E-state index in [1.54, 1.807) is 0 Å². The van der Waals surface area contributed by atoms with E-state index in [0.29, 0.717) is 0 Å². The van der Waals surface area contributed by atoms with Crippen molar-refractivity contribution in [3.8, 4) is 0 Å². The van der Waals surface area contributed by atoms with Crippen LogP contribution in [0.2, 0.25) is 5.28 Å². The van der Waals surface area contributed by atoms with Crippen LogP contribution in [0.5, 0.6) is 0 Å². The molecule has 0 atom stereocenters. The average molecular weight is 371 g/mol. The Morgan fingerprint density at radius 2 is 2.00 bits per heavy atom. The molecule has 0 aliphatic heterocycles. The Kier molecular flexibility index (Phi) is 5.77. The molecule has 1 nitrogen and oxygen atoms in total. The monoisotopic (exact) mass is 368 g/mol. The fourth-order valence-electron chi connectivity index (χ4n) is 0.363. The molecule has 0 amide bonds. The van der Waals surface area contributed by atoms with Gasteiger partial charge in [0.1, 0.15) is 4.65 Å². The number of halogens is 4. The lowest BCUT2D eigenvalue weighted by molar-refractivity contribution is -0.110. The summed E-state index contributed by atoms with van der Waals surface area (Å²) in [6, 6.07) is 0. The van der Waals surface area contributed by atoms with Crippen LogP contribution in [0.3, 0.4) is 0 Å². The van der Waals surface area contributed by atoms with Crippen molar-refractivity contribution in [3.05, 3.63) is 0 Å². The number of hydrogen-bond acceptors (Lipinski definition) is 1. The van der Waals surface area contributed by atoms with Crippen LogP contribution in [-0.4, -0.2) is 20.0 Å². The van der Waals surface area contributed by atoms with Crippen LogP contribution in [0.4, 0.5) is 0 Å². The van der Waals surface area contributed by atoms with Gasteiger partial charge in [0.15, 0.2) is 2.14 Å². The number of alkyl halides is 3. The van der Waals surface area contributed by atoms with Crippen LogP contribution < -0.4 is 0 Å². The number of carbonyl (C=O) groups excluding carboxylic acids is 1. The molecule has 0 bridgehead atoms. The predicted octanol–water partition coefficient (Wildman–Crippen LogP) is 3.18. The van der Waals surface area contributed by atoms with Crippen molar-refractivity contribution in [3.63, 3.8) is 0 Å². The minimum Gasteiger partial charge on any atom is -0.315 e. The highest BCUT2D eigenvalue weighted by atomic mass is 80.0. The van der Waals surface area contributed by atoms with E-state index in [-0.39, 0.29) is 4.65 Å². The SMILES string of the molecule is C[CH2][Al]([Cl])[C](=O)C(Br)(Br)Br. The molecular formula is C4H5AlBr3ClO. The molecule has 0 aliphatic carbocycles. The highest BCUT2D eigenvalue weighted by molar-refractivity contribution is 9.40. The van der Waals surface area contributed by atoms with Crippen molar-refractivity contribution in [1.82, 2.24) is 0 Å². The third-order valence-electron chi connectivity index (χ3n) is 0.922. The van der Waals surface area contributed by atoms with Gasteiger partial charge in [-0.3, -0.25) is 0 Å². The van der Waals surface area contributed by atoms with Crippen LogP contribution in [0.15, 0.2) is 0 Å². The molecule has 6 heteroatoms. The lowest BCUT2D eigenvalue weighted by Crippen LogP contribution is -2.30. The zero-order valence-corrected chi connectivity index (χ0v) is 11.9. The molecule has 0 aromatic rings. The Morgan fingerprint density at radius 1 is 1.60 bits per heavy atom. The van der Waals surface area contributed by atoms with Gasteiger partial charge in [0.2, 0.25) is 0 Å². The Labute approximate surface area is 93.9 Å². The molecule has 0 saturated carbocycles. The van der Waals surface area contributed by atoms with Gasteiger partial charge in [-0.15, -0.1) is 0 Å². The van der Waals surface area contributed by atoms with Gasteiger partial charge >= 0.3 is 13.2 Å². The molecule has 0 rings (SSSR count). The Hall–Kier alpha value is 1.93. The van der Waals surface area contributed by atoms with E-state index >= 15 is 0 Å². The first-order valence-corrected chi connectivity index (χ1v) is 8.16. The van der Waals surface area contributed by atoms with Gasteiger partial charge in [0.05, 0.1) is 0 Å². The van der Waals surface area contributed by atoms with Crippen LogP contribution in [0, 0.1) is 0 Å². The van der Waals surface area contributed by atoms with E-state index in [4.69, 9.17) is 10.0 Å². The third-order valence-corrected chi connectivity index (χ3v) is 6.60. The van der Waals surface area contributed by atoms with Crippen molar-refractivity contribution in [1.29, 1.82) is 0 Å². The zero-order chi connectivity index (χ0) is 8.36. The van der Waals surface area contributed by atoms with Crippen LogP contribution >= 0.6 is 57.8 Å². The van der Waals surface area contributed by atoms with E-state index in [9.17, 15) is 4.79 Å². The molecule has 58 valence electrons. The maximum absolute atomic E-state index is 11.2. The summed E-state index contributed by atoms with van der Waals surface area (Å²) in [5.41, 5.74) is 0. The Bertz CT molecular complexity index is 135. The molecule has 0 saturated heterocycles. The summed E-state index contributed by atoms with van der Waals surface area (Å²) >= 11 is 7.65. The summed E-state index contributed by atoms with van der Waals surface area (Å²) in [6.45, 7) is 1.92. The molecule has 0 spiro atoms. The van der Waals surface area contributed by atoms with E-state index < -0.39 is 15.4 Å². The first-order valence-electron chi connectivity index (χ1n) is 2.64. The molecule has 0 unspecified atom stereocenters. The first kappa shape index (κ1) is 11.9. The maximum Gasteiger partial charge on any atom is 0.495 e. The second-order valence-electron chi connectivity index (χ2n) is 1.74. The lowest BCUT2D eigenvalue weighted by Gasteiger charge is -2.10. The maximum atomic E-state index is 11.2. The normalized spacial score (nSPS) is 11.3. The Morgan fingerprint density at radius 3 is 2.10 bits per heavy atom. The van der Waals surface area contributed by atoms with Gasteiger partial charge in [0.25, 0.3) is 0 Å². The van der Waals surface area contributed by atoms with Crippen molar-refractivity contribution in [2.75, 3.05) is 0 Å². The van der Waals surface area contributed by atoms with Gasteiger partial charge in [-0.25, -0.2) is 10.0 Å². The first-order chi connectivity index (χ1) is 4.39. The third kappa shape index (κ3) is 4.08. The summed E-state index contributed by atoms with van der Waals surface area (Å²) in [6.07, 6.45) is 0. The van der Waals surface area contributed by atoms with E-state index in [1.807, 2.05) is 6.92 Å². The summed E-state index contributed by atoms with van der Waals surface area (Å²) < 4.78 is -0.765. The molecule has 0 aliphatic rings. The fourth-order valence-corrected chi connectivity index (χ4v) is 5.25. The molecule has 0 aromatic carbocycles. The minimum atomic E-state index is -1.71. The highest BCUT2D eigenvalue weighted by Gasteiger charge is 2.37. The van der Waals surface area contributed by atoms with Crippen molar-refractivity contribution < 1.29 is 4.79 Å². The molecular weight excluding hydrogens is 366 g/mol. The molecule has 0 aromatic heterocycles. The topological polar surface area (TPSA) is 17.1 Å². The van der Waals surface area contributed by atoms with E-state index in [2.05, 4.69) is 47.8 Å². The van der Waals surface area contributed by atoms with Gasteiger partial charge in [-0.1, -0.05) is 60.0 Å². The minimum absolute atomic E-state index is 0.0247. The van der Waals surface area contributed by atoms with Crippen LogP contribution in [0.1, 0.15) is 6.92 Å². The second kappa shape index (κ2) is 4.84. The summed E-state index contributed by atoms with van der Waals surface area (Å²) in [7, 11) is 5.80. The van der Waals surface area contributed by atoms with Gasteiger partial charge in [0, 0.05) is 0 Å². The number of hydrogen-bond donors (Lipinski definition) is 0. The van der Waals surface area contributed by atoms with Crippen LogP contribution in [0.25, 0.3) is 0 Å². The molecule has 10 heavy (non-hydrogen) atoms. The van der Waals surface area contributed by atoms with E-state index in [1.165, 1.54) is 0 Å². The van der Waals surface area contributed by atoms with Crippen molar-refractivity contribution >= 4 is 75.7 Å². The van der Waals surface area contributed by atoms with E-state index in [0.717, 1.165) is 5.28 Å². The van der Waals surface area contributed by atoms with Crippen molar-refractivity contribution in [2.45, 2.75) is 14.3 Å². The summed E-state index contributed by atoms with van der Waals surface area (Å²) in [5, 5.41) is 0.769. The Balaban J connectivity index is 4.09. The quantitative estimate of drug-likeness (QED) is 0.538. The fraction of sp³-hybridized carbons (Fsp3) is 0.750. The summed E-state index contributed by atoms with van der Waals surface area (Å²) in [5.74, 6) is 0. The molecule has 0 N–H and O–H groups in total. The molecule has 0 radical (unpaired) electrons.